The summed E-state index contributed by atoms with van der Waals surface area (Å²) < 4.78 is 0. The van der Waals surface area contributed by atoms with Crippen molar-refractivity contribution in [2.75, 3.05) is 0 Å². The maximum Gasteiger partial charge on any atom is 0.346 e. The smallest absolute Gasteiger partial charge is 0.346 e. The van der Waals surface area contributed by atoms with E-state index in [1.165, 1.54) is 6.07 Å². The molecule has 0 saturated carbocycles. The second kappa shape index (κ2) is 3.10. The van der Waals surface area contributed by atoms with Gasteiger partial charge in [-0.2, -0.15) is 0 Å². The van der Waals surface area contributed by atoms with Gasteiger partial charge >= 0.3 is 5.97 Å². The molecule has 0 aliphatic heterocycles. The SMILES string of the molecule is O=C(O)c1c(O)cccc1[N+](=O)[O-]. The van der Waals surface area contributed by atoms with E-state index in [0.29, 0.717) is 0 Å². The van der Waals surface area contributed by atoms with Crippen LogP contribution < -0.4 is 0 Å². The molecule has 2 N–H and O–H groups in total. The maximum atomic E-state index is 10.5. The monoisotopic (exact) mass is 183 g/mol. The predicted molar refractivity (Wildman–Crippen MR) is 41.7 cm³/mol. The minimum Gasteiger partial charge on any atom is -0.507 e. The van der Waals surface area contributed by atoms with E-state index in [4.69, 9.17) is 10.2 Å². The second-order valence-electron chi connectivity index (χ2n) is 2.23. The highest BCUT2D eigenvalue weighted by molar-refractivity contribution is 5.95. The van der Waals surface area contributed by atoms with Crippen molar-refractivity contribution in [1.82, 2.24) is 0 Å². The van der Waals surface area contributed by atoms with Crippen LogP contribution in [0.3, 0.4) is 0 Å². The molecule has 1 aromatic rings. The minimum absolute atomic E-state index is 0.610. The molecule has 0 aliphatic carbocycles. The van der Waals surface area contributed by atoms with Crippen molar-refractivity contribution in [2.45, 2.75) is 0 Å². The molecule has 0 aromatic heterocycles. The third kappa shape index (κ3) is 1.56. The lowest BCUT2D eigenvalue weighted by Crippen LogP contribution is -2.02. The molecule has 0 saturated heterocycles. The molecular formula is C7H5NO5. The Balaban J connectivity index is 3.43. The molecule has 1 rings (SSSR count). The number of nitro groups is 1. The van der Waals surface area contributed by atoms with Gasteiger partial charge in [-0.25, -0.2) is 4.79 Å². The van der Waals surface area contributed by atoms with E-state index >= 15 is 0 Å². The summed E-state index contributed by atoms with van der Waals surface area (Å²) >= 11 is 0. The number of carbonyl (C=O) groups is 1. The highest BCUT2D eigenvalue weighted by Crippen LogP contribution is 2.26. The quantitative estimate of drug-likeness (QED) is 0.526. The van der Waals surface area contributed by atoms with Gasteiger partial charge < -0.3 is 10.2 Å². The van der Waals surface area contributed by atoms with E-state index in [0.717, 1.165) is 12.1 Å². The van der Waals surface area contributed by atoms with Crippen LogP contribution in [0, 0.1) is 10.1 Å². The van der Waals surface area contributed by atoms with E-state index in [-0.39, 0.29) is 0 Å². The lowest BCUT2D eigenvalue weighted by molar-refractivity contribution is -0.385. The molecule has 0 bridgehead atoms. The fraction of sp³-hybridized carbons (Fsp3) is 0. The topological polar surface area (TPSA) is 101 Å². The molecule has 13 heavy (non-hydrogen) atoms. The average molecular weight is 183 g/mol. The van der Waals surface area contributed by atoms with Gasteiger partial charge in [0.2, 0.25) is 0 Å². The third-order valence-corrected chi connectivity index (χ3v) is 1.43. The molecule has 0 spiro atoms. The molecule has 0 unspecified atom stereocenters. The van der Waals surface area contributed by atoms with Crippen molar-refractivity contribution in [3.63, 3.8) is 0 Å². The van der Waals surface area contributed by atoms with Gasteiger partial charge in [-0.1, -0.05) is 6.07 Å². The zero-order chi connectivity index (χ0) is 10.0. The van der Waals surface area contributed by atoms with Crippen molar-refractivity contribution in [2.24, 2.45) is 0 Å². The fourth-order valence-corrected chi connectivity index (χ4v) is 0.900. The fourth-order valence-electron chi connectivity index (χ4n) is 0.900. The number of hydrogen-bond donors (Lipinski definition) is 2. The van der Waals surface area contributed by atoms with Crippen molar-refractivity contribution in [3.05, 3.63) is 33.9 Å². The van der Waals surface area contributed by atoms with Gasteiger partial charge in [0, 0.05) is 6.07 Å². The Labute approximate surface area is 72.2 Å². The lowest BCUT2D eigenvalue weighted by Gasteiger charge is -1.99. The first kappa shape index (κ1) is 8.98. The highest BCUT2D eigenvalue weighted by Gasteiger charge is 2.22. The zero-order valence-electron chi connectivity index (χ0n) is 6.30. The Bertz CT molecular complexity index is 373. The molecule has 0 fully saturated rings. The second-order valence-corrected chi connectivity index (χ2v) is 2.23. The summed E-state index contributed by atoms with van der Waals surface area (Å²) in [5, 5.41) is 27.9. The van der Waals surface area contributed by atoms with E-state index in [9.17, 15) is 14.9 Å². The van der Waals surface area contributed by atoms with E-state index in [2.05, 4.69) is 0 Å². The summed E-state index contributed by atoms with van der Waals surface area (Å²) in [7, 11) is 0. The van der Waals surface area contributed by atoms with Gasteiger partial charge in [0.05, 0.1) is 4.92 Å². The summed E-state index contributed by atoms with van der Waals surface area (Å²) in [5.41, 5.74) is -1.31. The van der Waals surface area contributed by atoms with Crippen LogP contribution in [-0.4, -0.2) is 21.1 Å². The first-order valence-electron chi connectivity index (χ1n) is 3.23. The molecule has 0 atom stereocenters. The number of carboxylic acid groups (broad SMARTS) is 1. The van der Waals surface area contributed by atoms with E-state index in [1.807, 2.05) is 0 Å². The van der Waals surface area contributed by atoms with Crippen LogP contribution in [0.25, 0.3) is 0 Å². The van der Waals surface area contributed by atoms with Gasteiger partial charge in [0.25, 0.3) is 5.69 Å². The minimum atomic E-state index is -1.52. The van der Waals surface area contributed by atoms with Crippen LogP contribution in [-0.2, 0) is 0 Å². The molecule has 0 aliphatic rings. The summed E-state index contributed by atoms with van der Waals surface area (Å²) in [6.45, 7) is 0. The molecule has 1 aromatic carbocycles. The Kier molecular flexibility index (Phi) is 2.14. The molecular weight excluding hydrogens is 178 g/mol. The summed E-state index contributed by atoms with van der Waals surface area (Å²) in [6, 6.07) is 3.31. The lowest BCUT2D eigenvalue weighted by atomic mass is 10.1. The number of phenols is 1. The van der Waals surface area contributed by atoms with Crippen LogP contribution in [0.15, 0.2) is 18.2 Å². The van der Waals surface area contributed by atoms with Crippen molar-refractivity contribution < 1.29 is 19.9 Å². The average Bonchev–Trinajstić information content (AvgIpc) is 2.02. The summed E-state index contributed by atoms with van der Waals surface area (Å²) in [6.07, 6.45) is 0. The first-order chi connectivity index (χ1) is 6.04. The van der Waals surface area contributed by atoms with Crippen LogP contribution in [0.5, 0.6) is 5.75 Å². The number of nitro benzene ring substituents is 1. The van der Waals surface area contributed by atoms with Gasteiger partial charge in [0.15, 0.2) is 5.56 Å². The Morgan fingerprint density at radius 2 is 2.08 bits per heavy atom. The Morgan fingerprint density at radius 3 is 2.46 bits per heavy atom. The van der Waals surface area contributed by atoms with Gasteiger partial charge in [0.1, 0.15) is 5.75 Å². The largest absolute Gasteiger partial charge is 0.507 e. The summed E-state index contributed by atoms with van der Waals surface area (Å²) in [5.74, 6) is -2.13. The number of hydrogen-bond acceptors (Lipinski definition) is 4. The molecule has 0 heterocycles. The number of carboxylic acids is 1. The van der Waals surface area contributed by atoms with Gasteiger partial charge in [-0.3, -0.25) is 10.1 Å². The van der Waals surface area contributed by atoms with Crippen molar-refractivity contribution in [1.29, 1.82) is 0 Å². The number of nitrogens with zero attached hydrogens (tertiary/aromatic N) is 1. The Hall–Kier alpha value is -2.11. The van der Waals surface area contributed by atoms with Crippen molar-refractivity contribution in [3.8, 4) is 5.75 Å². The van der Waals surface area contributed by atoms with Crippen LogP contribution in [0.1, 0.15) is 10.4 Å². The van der Waals surface area contributed by atoms with Crippen LogP contribution >= 0.6 is 0 Å². The highest BCUT2D eigenvalue weighted by atomic mass is 16.6. The van der Waals surface area contributed by atoms with Gasteiger partial charge in [-0.05, 0) is 6.07 Å². The Morgan fingerprint density at radius 1 is 1.46 bits per heavy atom. The summed E-state index contributed by atoms with van der Waals surface area (Å²) in [4.78, 5) is 19.9. The molecule has 6 nitrogen and oxygen atoms in total. The number of aromatic hydroxyl groups is 1. The van der Waals surface area contributed by atoms with Crippen molar-refractivity contribution >= 4 is 11.7 Å². The predicted octanol–water partition coefficient (Wildman–Crippen LogP) is 0.999. The van der Waals surface area contributed by atoms with Crippen LogP contribution in [0.4, 0.5) is 5.69 Å². The first-order valence-corrected chi connectivity index (χ1v) is 3.23. The van der Waals surface area contributed by atoms with Gasteiger partial charge in [-0.15, -0.1) is 0 Å². The molecule has 6 heteroatoms. The molecule has 68 valence electrons. The number of rotatable bonds is 2. The molecule has 0 radical (unpaired) electrons. The van der Waals surface area contributed by atoms with E-state index < -0.39 is 27.9 Å². The van der Waals surface area contributed by atoms with Crippen LogP contribution in [0.2, 0.25) is 0 Å². The normalized spacial score (nSPS) is 9.54. The molecule has 0 amide bonds. The third-order valence-electron chi connectivity index (χ3n) is 1.43. The number of aromatic carboxylic acids is 1. The maximum absolute atomic E-state index is 10.5. The van der Waals surface area contributed by atoms with E-state index in [1.54, 1.807) is 0 Å². The standard InChI is InChI=1S/C7H5NO5/c9-5-3-1-2-4(8(12)13)6(5)7(10)11/h1-3,9H,(H,10,11). The number of benzene rings is 1. The zero-order valence-corrected chi connectivity index (χ0v) is 6.30.